The van der Waals surface area contributed by atoms with Crippen molar-refractivity contribution in [2.45, 2.75) is 51.8 Å². The van der Waals surface area contributed by atoms with Gasteiger partial charge in [-0.15, -0.1) is 12.4 Å². The first-order valence-corrected chi connectivity index (χ1v) is 7.06. The van der Waals surface area contributed by atoms with Gasteiger partial charge in [-0.3, -0.25) is 9.89 Å². The number of carbonyl (C=O) groups excluding carboxylic acids is 1. The number of hydrogen-bond donors (Lipinski definition) is 3. The Balaban J connectivity index is 0.00000220. The van der Waals surface area contributed by atoms with Crippen LogP contribution in [0.5, 0.6) is 0 Å². The molecule has 0 radical (unpaired) electrons. The lowest BCUT2D eigenvalue weighted by molar-refractivity contribution is 0.00883. The van der Waals surface area contributed by atoms with Gasteiger partial charge in [0.1, 0.15) is 0 Å². The number of aromatic nitrogens is 2. The van der Waals surface area contributed by atoms with Crippen molar-refractivity contribution in [3.8, 4) is 0 Å². The molecule has 2 heterocycles. The summed E-state index contributed by atoms with van der Waals surface area (Å²) in [4.78, 5) is 12.3. The van der Waals surface area contributed by atoms with Crippen LogP contribution in [0.2, 0.25) is 0 Å². The minimum atomic E-state index is -0.251. The highest BCUT2D eigenvalue weighted by Gasteiger charge is 2.25. The van der Waals surface area contributed by atoms with E-state index < -0.39 is 0 Å². The van der Waals surface area contributed by atoms with Gasteiger partial charge in [0.25, 0.3) is 5.91 Å². The van der Waals surface area contributed by atoms with E-state index in [1.54, 1.807) is 7.11 Å². The SMILES string of the molecule is COC(C)(C)CC(C)NC(=O)c1n[nH]c2c1CNCC2.Cl. The van der Waals surface area contributed by atoms with E-state index >= 15 is 0 Å². The van der Waals surface area contributed by atoms with Crippen LogP contribution in [0, 0.1) is 0 Å². The first kappa shape index (κ1) is 17.9. The normalized spacial score (nSPS) is 15.8. The van der Waals surface area contributed by atoms with Gasteiger partial charge in [0.2, 0.25) is 0 Å². The molecule has 0 bridgehead atoms. The summed E-state index contributed by atoms with van der Waals surface area (Å²) in [6.07, 6.45) is 1.64. The predicted octanol–water partition coefficient (Wildman–Crippen LogP) is 1.41. The molecule has 3 N–H and O–H groups in total. The van der Waals surface area contributed by atoms with Crippen LogP contribution in [-0.2, 0) is 17.7 Å². The number of methoxy groups -OCH3 is 1. The average molecular weight is 317 g/mol. The molecule has 21 heavy (non-hydrogen) atoms. The van der Waals surface area contributed by atoms with Crippen LogP contribution in [0.4, 0.5) is 0 Å². The fourth-order valence-corrected chi connectivity index (χ4v) is 2.58. The second-order valence-corrected chi connectivity index (χ2v) is 6.00. The summed E-state index contributed by atoms with van der Waals surface area (Å²) in [6.45, 7) is 7.63. The first-order chi connectivity index (χ1) is 9.43. The second-order valence-electron chi connectivity index (χ2n) is 6.00. The molecule has 1 aliphatic heterocycles. The molecular formula is C14H25ClN4O2. The van der Waals surface area contributed by atoms with Gasteiger partial charge in [0.15, 0.2) is 5.69 Å². The van der Waals surface area contributed by atoms with Gasteiger partial charge in [-0.05, 0) is 27.2 Å². The number of carbonyl (C=O) groups is 1. The van der Waals surface area contributed by atoms with E-state index in [2.05, 4.69) is 20.8 Å². The molecule has 2 rings (SSSR count). The summed E-state index contributed by atoms with van der Waals surface area (Å²) in [5, 5.41) is 13.4. The van der Waals surface area contributed by atoms with Crippen molar-refractivity contribution < 1.29 is 9.53 Å². The van der Waals surface area contributed by atoms with Gasteiger partial charge in [-0.2, -0.15) is 5.10 Å². The highest BCUT2D eigenvalue weighted by atomic mass is 35.5. The summed E-state index contributed by atoms with van der Waals surface area (Å²) < 4.78 is 5.39. The number of ether oxygens (including phenoxy) is 1. The van der Waals surface area contributed by atoms with E-state index in [0.717, 1.165) is 30.6 Å². The summed E-state index contributed by atoms with van der Waals surface area (Å²) in [6, 6.07) is 0.0290. The van der Waals surface area contributed by atoms with E-state index in [9.17, 15) is 4.79 Å². The Morgan fingerprint density at radius 3 is 2.90 bits per heavy atom. The van der Waals surface area contributed by atoms with Gasteiger partial charge in [-0.25, -0.2) is 0 Å². The van der Waals surface area contributed by atoms with E-state index in [1.165, 1.54) is 0 Å². The molecular weight excluding hydrogens is 292 g/mol. The number of nitrogens with one attached hydrogen (secondary N) is 3. The van der Waals surface area contributed by atoms with Crippen LogP contribution in [0.1, 0.15) is 48.9 Å². The lowest BCUT2D eigenvalue weighted by Gasteiger charge is -2.27. The van der Waals surface area contributed by atoms with Gasteiger partial charge < -0.3 is 15.4 Å². The van der Waals surface area contributed by atoms with Crippen molar-refractivity contribution in [3.63, 3.8) is 0 Å². The highest BCUT2D eigenvalue weighted by molar-refractivity contribution is 5.94. The number of hydrogen-bond acceptors (Lipinski definition) is 4. The monoisotopic (exact) mass is 316 g/mol. The van der Waals surface area contributed by atoms with Gasteiger partial charge in [0.05, 0.1) is 5.60 Å². The van der Waals surface area contributed by atoms with E-state index in [-0.39, 0.29) is 30.0 Å². The standard InChI is InChI=1S/C14H24N4O2.ClH/c1-9(7-14(2,3)20-4)16-13(19)12-10-8-15-6-5-11(10)17-18-12;/h9,15H,5-8H2,1-4H3,(H,16,19)(H,17,18);1H. The minimum absolute atomic E-state index is 0. The molecule has 1 unspecified atom stereocenters. The Morgan fingerprint density at radius 1 is 1.52 bits per heavy atom. The maximum atomic E-state index is 12.3. The third kappa shape index (κ3) is 4.43. The Kier molecular flexibility index (Phi) is 6.19. The molecule has 7 heteroatoms. The Labute approximate surface area is 131 Å². The first-order valence-electron chi connectivity index (χ1n) is 7.06. The smallest absolute Gasteiger partial charge is 0.272 e. The molecule has 1 atom stereocenters. The number of rotatable bonds is 5. The Bertz CT molecular complexity index is 487. The van der Waals surface area contributed by atoms with Gasteiger partial charge in [0, 0.05) is 43.9 Å². The second kappa shape index (κ2) is 7.24. The zero-order chi connectivity index (χ0) is 14.8. The minimum Gasteiger partial charge on any atom is -0.379 e. The van der Waals surface area contributed by atoms with Gasteiger partial charge >= 0.3 is 0 Å². The van der Waals surface area contributed by atoms with E-state index in [4.69, 9.17) is 4.74 Å². The number of fused-ring (bicyclic) bond motifs is 1. The molecule has 1 aromatic rings. The van der Waals surface area contributed by atoms with Crippen LogP contribution < -0.4 is 10.6 Å². The predicted molar refractivity (Wildman–Crippen MR) is 83.9 cm³/mol. The molecule has 0 spiro atoms. The molecule has 0 aliphatic carbocycles. The van der Waals surface area contributed by atoms with Crippen LogP contribution >= 0.6 is 12.4 Å². The topological polar surface area (TPSA) is 79.0 Å². The van der Waals surface area contributed by atoms with Crippen LogP contribution in [0.15, 0.2) is 0 Å². The third-order valence-electron chi connectivity index (χ3n) is 3.75. The van der Waals surface area contributed by atoms with Crippen LogP contribution in [0.3, 0.4) is 0 Å². The highest BCUT2D eigenvalue weighted by Crippen LogP contribution is 2.17. The molecule has 1 aliphatic rings. The van der Waals surface area contributed by atoms with Crippen molar-refractivity contribution in [2.75, 3.05) is 13.7 Å². The molecule has 1 amide bonds. The number of nitrogens with zero attached hydrogens (tertiary/aromatic N) is 1. The summed E-state index contributed by atoms with van der Waals surface area (Å²) >= 11 is 0. The van der Waals surface area contributed by atoms with Crippen molar-refractivity contribution in [2.24, 2.45) is 0 Å². The molecule has 0 aromatic carbocycles. The van der Waals surface area contributed by atoms with Crippen LogP contribution in [0.25, 0.3) is 0 Å². The molecule has 120 valence electrons. The third-order valence-corrected chi connectivity index (χ3v) is 3.75. The number of aromatic amines is 1. The fraction of sp³-hybridized carbons (Fsp3) is 0.714. The zero-order valence-electron chi connectivity index (χ0n) is 13.1. The maximum absolute atomic E-state index is 12.3. The van der Waals surface area contributed by atoms with E-state index in [1.807, 2.05) is 20.8 Å². The van der Waals surface area contributed by atoms with Crippen molar-refractivity contribution >= 4 is 18.3 Å². The summed E-state index contributed by atoms with van der Waals surface area (Å²) in [5.74, 6) is -0.120. The van der Waals surface area contributed by atoms with E-state index in [0.29, 0.717) is 12.2 Å². The summed E-state index contributed by atoms with van der Waals surface area (Å²) in [7, 11) is 1.68. The number of H-pyrrole nitrogens is 1. The van der Waals surface area contributed by atoms with Crippen molar-refractivity contribution in [1.29, 1.82) is 0 Å². The molecule has 0 saturated heterocycles. The Hall–Kier alpha value is -1.11. The maximum Gasteiger partial charge on any atom is 0.272 e. The summed E-state index contributed by atoms with van der Waals surface area (Å²) in [5.41, 5.74) is 2.32. The molecule has 6 nitrogen and oxygen atoms in total. The fourth-order valence-electron chi connectivity index (χ4n) is 2.58. The van der Waals surface area contributed by atoms with Gasteiger partial charge in [-0.1, -0.05) is 0 Å². The average Bonchev–Trinajstić information content (AvgIpc) is 2.81. The number of halogens is 1. The molecule has 0 saturated carbocycles. The lowest BCUT2D eigenvalue weighted by atomic mass is 9.99. The zero-order valence-corrected chi connectivity index (χ0v) is 13.9. The van der Waals surface area contributed by atoms with Crippen LogP contribution in [-0.4, -0.2) is 41.4 Å². The van der Waals surface area contributed by atoms with Crippen molar-refractivity contribution in [1.82, 2.24) is 20.8 Å². The number of amides is 1. The largest absolute Gasteiger partial charge is 0.379 e. The molecule has 1 aromatic heterocycles. The lowest BCUT2D eigenvalue weighted by Crippen LogP contribution is -2.39. The quantitative estimate of drug-likeness (QED) is 0.767. The Morgan fingerprint density at radius 2 is 2.24 bits per heavy atom. The molecule has 0 fully saturated rings. The van der Waals surface area contributed by atoms with Crippen molar-refractivity contribution in [3.05, 3.63) is 17.0 Å².